The molecular formula is C16H14ClFN2O. The lowest BCUT2D eigenvalue weighted by molar-refractivity contribution is 0.0910. The second-order valence-electron chi connectivity index (χ2n) is 6.12. The van der Waals surface area contributed by atoms with Crippen LogP contribution < -0.4 is 0 Å². The number of fused-ring (bicyclic) bond motifs is 1. The summed E-state index contributed by atoms with van der Waals surface area (Å²) in [5, 5.41) is 0.261. The minimum absolute atomic E-state index is 0.0676. The molecule has 0 saturated carbocycles. The largest absolute Gasteiger partial charge is 0.294 e. The van der Waals surface area contributed by atoms with Crippen molar-refractivity contribution in [2.75, 3.05) is 0 Å². The summed E-state index contributed by atoms with van der Waals surface area (Å²) in [4.78, 5) is 20.8. The topological polar surface area (TPSA) is 42.9 Å². The summed E-state index contributed by atoms with van der Waals surface area (Å²) in [7, 11) is 0. The van der Waals surface area contributed by atoms with Gasteiger partial charge >= 0.3 is 0 Å². The van der Waals surface area contributed by atoms with Crippen molar-refractivity contribution in [1.29, 1.82) is 0 Å². The number of Topliss-reactive ketones (excluding diaryl/α,β-unsaturated/α-hetero) is 1. The quantitative estimate of drug-likeness (QED) is 0.797. The Morgan fingerprint density at radius 1 is 1.24 bits per heavy atom. The van der Waals surface area contributed by atoms with Gasteiger partial charge in [0.05, 0.1) is 16.3 Å². The highest BCUT2D eigenvalue weighted by Gasteiger charge is 2.32. The first kappa shape index (κ1) is 14.1. The van der Waals surface area contributed by atoms with Gasteiger partial charge in [0.25, 0.3) is 0 Å². The molecule has 0 aliphatic heterocycles. The van der Waals surface area contributed by atoms with Gasteiger partial charge < -0.3 is 0 Å². The van der Waals surface area contributed by atoms with Crippen LogP contribution in [-0.4, -0.2) is 15.8 Å². The van der Waals surface area contributed by atoms with Gasteiger partial charge in [-0.25, -0.2) is 14.4 Å². The first-order valence-electron chi connectivity index (χ1n) is 6.70. The molecule has 0 fully saturated rings. The van der Waals surface area contributed by atoms with E-state index in [1.54, 1.807) is 12.3 Å². The van der Waals surface area contributed by atoms with Gasteiger partial charge in [-0.3, -0.25) is 4.79 Å². The Hall–Kier alpha value is -1.81. The van der Waals surface area contributed by atoms with Crippen molar-refractivity contribution in [2.24, 2.45) is 5.41 Å². The molecule has 1 aromatic heterocycles. The fourth-order valence-electron chi connectivity index (χ4n) is 2.63. The molecule has 108 valence electrons. The molecule has 0 bridgehead atoms. The highest BCUT2D eigenvalue weighted by atomic mass is 35.5. The summed E-state index contributed by atoms with van der Waals surface area (Å²) in [5.41, 5.74) is 1.78. The van der Waals surface area contributed by atoms with Crippen molar-refractivity contribution < 1.29 is 9.18 Å². The molecular weight excluding hydrogens is 291 g/mol. The lowest BCUT2D eigenvalue weighted by Crippen LogP contribution is -2.28. The molecule has 3 rings (SSSR count). The SMILES string of the molecule is CC1(C)CC(=O)c2cnc(-c3ccc(F)cc3Cl)nc2C1. The number of rotatable bonds is 1. The Kier molecular flexibility index (Phi) is 3.29. The van der Waals surface area contributed by atoms with Crippen molar-refractivity contribution >= 4 is 17.4 Å². The molecule has 0 atom stereocenters. The fraction of sp³-hybridized carbons (Fsp3) is 0.312. The maximum absolute atomic E-state index is 13.1. The molecule has 0 amide bonds. The number of hydrogen-bond acceptors (Lipinski definition) is 3. The maximum Gasteiger partial charge on any atom is 0.166 e. The summed E-state index contributed by atoms with van der Waals surface area (Å²) in [6, 6.07) is 4.10. The molecule has 1 aromatic carbocycles. The second kappa shape index (κ2) is 4.88. The van der Waals surface area contributed by atoms with Crippen LogP contribution in [0.1, 0.15) is 36.3 Å². The zero-order valence-corrected chi connectivity index (χ0v) is 12.5. The number of hydrogen-bond donors (Lipinski definition) is 0. The van der Waals surface area contributed by atoms with E-state index in [0.717, 1.165) is 5.69 Å². The minimum Gasteiger partial charge on any atom is -0.294 e. The van der Waals surface area contributed by atoms with Gasteiger partial charge in [0, 0.05) is 18.2 Å². The fourth-order valence-corrected chi connectivity index (χ4v) is 2.88. The third-order valence-electron chi connectivity index (χ3n) is 3.63. The van der Waals surface area contributed by atoms with E-state index in [4.69, 9.17) is 11.6 Å². The minimum atomic E-state index is -0.405. The van der Waals surface area contributed by atoms with Crippen LogP contribution in [0, 0.1) is 11.2 Å². The van der Waals surface area contributed by atoms with Crippen LogP contribution in [0.4, 0.5) is 4.39 Å². The summed E-state index contributed by atoms with van der Waals surface area (Å²) in [6.07, 6.45) is 2.76. The van der Waals surface area contributed by atoms with Crippen molar-refractivity contribution in [3.05, 3.63) is 46.5 Å². The van der Waals surface area contributed by atoms with E-state index in [2.05, 4.69) is 9.97 Å². The first-order valence-corrected chi connectivity index (χ1v) is 7.08. The number of ketones is 1. The third-order valence-corrected chi connectivity index (χ3v) is 3.94. The smallest absolute Gasteiger partial charge is 0.166 e. The molecule has 0 N–H and O–H groups in total. The van der Waals surface area contributed by atoms with Crippen LogP contribution in [0.5, 0.6) is 0 Å². The van der Waals surface area contributed by atoms with Crippen LogP contribution in [0.15, 0.2) is 24.4 Å². The number of carbonyl (C=O) groups is 1. The molecule has 1 aliphatic rings. The van der Waals surface area contributed by atoms with Crippen LogP contribution >= 0.6 is 11.6 Å². The molecule has 3 nitrogen and oxygen atoms in total. The zero-order valence-electron chi connectivity index (χ0n) is 11.8. The third kappa shape index (κ3) is 2.68. The summed E-state index contributed by atoms with van der Waals surface area (Å²) >= 11 is 6.04. The molecule has 0 spiro atoms. The van der Waals surface area contributed by atoms with Crippen LogP contribution in [-0.2, 0) is 6.42 Å². The van der Waals surface area contributed by atoms with Gasteiger partial charge in [-0.1, -0.05) is 25.4 Å². The van der Waals surface area contributed by atoms with Gasteiger partial charge in [-0.2, -0.15) is 0 Å². The van der Waals surface area contributed by atoms with E-state index < -0.39 is 5.82 Å². The average molecular weight is 305 g/mol. The standard InChI is InChI=1S/C16H14ClFN2O/c1-16(2)6-13-11(14(21)7-16)8-19-15(20-13)10-4-3-9(18)5-12(10)17/h3-5,8H,6-7H2,1-2H3. The van der Waals surface area contributed by atoms with Crippen molar-refractivity contribution in [2.45, 2.75) is 26.7 Å². The Morgan fingerprint density at radius 2 is 2.00 bits per heavy atom. The predicted molar refractivity (Wildman–Crippen MR) is 78.9 cm³/mol. The molecule has 0 unspecified atom stereocenters. The Bertz CT molecular complexity index is 743. The Morgan fingerprint density at radius 3 is 2.71 bits per heavy atom. The number of carbonyl (C=O) groups excluding carboxylic acids is 1. The first-order chi connectivity index (χ1) is 9.85. The van der Waals surface area contributed by atoms with E-state index in [0.29, 0.717) is 29.8 Å². The molecule has 2 aromatic rings. The van der Waals surface area contributed by atoms with E-state index >= 15 is 0 Å². The Balaban J connectivity index is 2.09. The average Bonchev–Trinajstić information content (AvgIpc) is 2.36. The number of nitrogens with zero attached hydrogens (tertiary/aromatic N) is 2. The van der Waals surface area contributed by atoms with Gasteiger partial charge in [-0.05, 0) is 30.0 Å². The van der Waals surface area contributed by atoms with E-state index in [-0.39, 0.29) is 16.2 Å². The predicted octanol–water partition coefficient (Wildman–Crippen LogP) is 4.09. The number of aromatic nitrogens is 2. The zero-order chi connectivity index (χ0) is 15.2. The van der Waals surface area contributed by atoms with Gasteiger partial charge in [0.2, 0.25) is 0 Å². The lowest BCUT2D eigenvalue weighted by atomic mass is 9.76. The molecule has 21 heavy (non-hydrogen) atoms. The maximum atomic E-state index is 13.1. The monoisotopic (exact) mass is 304 g/mol. The van der Waals surface area contributed by atoms with Crippen molar-refractivity contribution in [3.63, 3.8) is 0 Å². The number of halogens is 2. The van der Waals surface area contributed by atoms with Gasteiger partial charge in [0.15, 0.2) is 11.6 Å². The van der Waals surface area contributed by atoms with Crippen molar-refractivity contribution in [1.82, 2.24) is 9.97 Å². The lowest BCUT2D eigenvalue weighted by Gasteiger charge is -2.29. The Labute approximate surface area is 127 Å². The van der Waals surface area contributed by atoms with E-state index in [9.17, 15) is 9.18 Å². The molecule has 1 heterocycles. The molecule has 1 aliphatic carbocycles. The normalized spacial score (nSPS) is 16.7. The second-order valence-corrected chi connectivity index (χ2v) is 6.53. The van der Waals surface area contributed by atoms with Crippen LogP contribution in [0.3, 0.4) is 0 Å². The van der Waals surface area contributed by atoms with Gasteiger partial charge in [-0.15, -0.1) is 0 Å². The summed E-state index contributed by atoms with van der Waals surface area (Å²) in [6.45, 7) is 4.08. The van der Waals surface area contributed by atoms with E-state index in [1.807, 2.05) is 13.8 Å². The summed E-state index contributed by atoms with van der Waals surface area (Å²) in [5.74, 6) is 0.0836. The van der Waals surface area contributed by atoms with Gasteiger partial charge in [0.1, 0.15) is 5.82 Å². The summed E-state index contributed by atoms with van der Waals surface area (Å²) < 4.78 is 13.1. The highest BCUT2D eigenvalue weighted by Crippen LogP contribution is 2.35. The molecule has 0 radical (unpaired) electrons. The molecule has 0 saturated heterocycles. The number of benzene rings is 1. The van der Waals surface area contributed by atoms with Crippen LogP contribution in [0.25, 0.3) is 11.4 Å². The molecule has 5 heteroatoms. The van der Waals surface area contributed by atoms with Crippen LogP contribution in [0.2, 0.25) is 5.02 Å². The highest BCUT2D eigenvalue weighted by molar-refractivity contribution is 6.33. The van der Waals surface area contributed by atoms with E-state index in [1.165, 1.54) is 12.1 Å². The van der Waals surface area contributed by atoms with Crippen molar-refractivity contribution in [3.8, 4) is 11.4 Å².